The highest BCUT2D eigenvalue weighted by Crippen LogP contribution is 2.12. The molecule has 0 atom stereocenters. The van der Waals surface area contributed by atoms with Crippen LogP contribution in [0.15, 0.2) is 18.3 Å². The minimum Gasteiger partial charge on any atom is -0.384 e. The zero-order valence-electron chi connectivity index (χ0n) is 6.84. The lowest BCUT2D eigenvalue weighted by molar-refractivity contribution is -0.108. The van der Waals surface area contributed by atoms with Crippen molar-refractivity contribution in [3.05, 3.63) is 18.3 Å². The van der Waals surface area contributed by atoms with Gasteiger partial charge in [-0.05, 0) is 12.1 Å². The standard InChI is InChI=1S/C8H8N4O/c9-7-2-1-6-5-10-12(3-4-13)8(6)11-7/h1-2,4-5H,3H2,(H2,9,11). The van der Waals surface area contributed by atoms with Crippen LogP contribution in [-0.4, -0.2) is 21.1 Å². The Balaban J connectivity index is 2.64. The van der Waals surface area contributed by atoms with E-state index in [1.165, 1.54) is 4.68 Å². The number of hydrogen-bond donors (Lipinski definition) is 1. The van der Waals surface area contributed by atoms with E-state index in [1.54, 1.807) is 12.3 Å². The molecule has 66 valence electrons. The van der Waals surface area contributed by atoms with Crippen molar-refractivity contribution < 1.29 is 4.79 Å². The number of anilines is 1. The normalized spacial score (nSPS) is 10.5. The molecule has 0 aliphatic heterocycles. The fraction of sp³-hybridized carbons (Fsp3) is 0.125. The number of carbonyl (C=O) groups excluding carboxylic acids is 1. The van der Waals surface area contributed by atoms with E-state index in [-0.39, 0.29) is 6.54 Å². The van der Waals surface area contributed by atoms with E-state index in [9.17, 15) is 4.79 Å². The van der Waals surface area contributed by atoms with Crippen LogP contribution in [0.2, 0.25) is 0 Å². The first-order valence-corrected chi connectivity index (χ1v) is 3.83. The van der Waals surface area contributed by atoms with E-state index in [2.05, 4.69) is 10.1 Å². The predicted molar refractivity (Wildman–Crippen MR) is 48.0 cm³/mol. The molecule has 2 rings (SSSR count). The number of fused-ring (bicyclic) bond motifs is 1. The number of pyridine rings is 1. The second kappa shape index (κ2) is 2.85. The molecule has 13 heavy (non-hydrogen) atoms. The molecule has 5 nitrogen and oxygen atoms in total. The molecule has 5 heteroatoms. The Morgan fingerprint density at radius 2 is 2.38 bits per heavy atom. The molecule has 0 spiro atoms. The molecule has 0 aromatic carbocycles. The predicted octanol–water partition coefficient (Wildman–Crippen LogP) is 0.212. The van der Waals surface area contributed by atoms with Gasteiger partial charge in [0, 0.05) is 5.39 Å². The van der Waals surface area contributed by atoms with E-state index in [4.69, 9.17) is 5.73 Å². The third kappa shape index (κ3) is 1.24. The fourth-order valence-electron chi connectivity index (χ4n) is 1.17. The van der Waals surface area contributed by atoms with E-state index in [1.807, 2.05) is 6.07 Å². The minimum atomic E-state index is 0.208. The monoisotopic (exact) mass is 176 g/mol. The van der Waals surface area contributed by atoms with Gasteiger partial charge in [-0.1, -0.05) is 0 Å². The number of aromatic nitrogens is 3. The Hall–Kier alpha value is -1.91. The Bertz CT molecular complexity index is 448. The molecular weight excluding hydrogens is 168 g/mol. The first-order valence-electron chi connectivity index (χ1n) is 3.83. The van der Waals surface area contributed by atoms with Gasteiger partial charge in [0.15, 0.2) is 5.65 Å². The van der Waals surface area contributed by atoms with Crippen LogP contribution >= 0.6 is 0 Å². The van der Waals surface area contributed by atoms with Gasteiger partial charge in [0.25, 0.3) is 0 Å². The zero-order chi connectivity index (χ0) is 9.26. The molecule has 2 aromatic heterocycles. The van der Waals surface area contributed by atoms with E-state index < -0.39 is 0 Å². The lowest BCUT2D eigenvalue weighted by atomic mass is 10.3. The fourth-order valence-corrected chi connectivity index (χ4v) is 1.17. The van der Waals surface area contributed by atoms with Crippen LogP contribution < -0.4 is 5.73 Å². The van der Waals surface area contributed by atoms with Crippen molar-refractivity contribution in [2.24, 2.45) is 0 Å². The van der Waals surface area contributed by atoms with Gasteiger partial charge in [-0.2, -0.15) is 5.10 Å². The van der Waals surface area contributed by atoms with Gasteiger partial charge in [-0.15, -0.1) is 0 Å². The zero-order valence-corrected chi connectivity index (χ0v) is 6.84. The molecule has 2 heterocycles. The van der Waals surface area contributed by atoms with Gasteiger partial charge in [-0.25, -0.2) is 9.67 Å². The highest BCUT2D eigenvalue weighted by atomic mass is 16.1. The number of hydrogen-bond acceptors (Lipinski definition) is 4. The van der Waals surface area contributed by atoms with Gasteiger partial charge in [-0.3, -0.25) is 0 Å². The lowest BCUT2D eigenvalue weighted by Crippen LogP contribution is -2.02. The van der Waals surface area contributed by atoms with E-state index >= 15 is 0 Å². The molecule has 0 aliphatic rings. The molecule has 2 N–H and O–H groups in total. The van der Waals surface area contributed by atoms with Gasteiger partial charge in [0.1, 0.15) is 12.1 Å². The Labute approximate surface area is 74.2 Å². The number of aldehydes is 1. The van der Waals surface area contributed by atoms with E-state index in [0.29, 0.717) is 11.5 Å². The summed E-state index contributed by atoms with van der Waals surface area (Å²) < 4.78 is 1.51. The van der Waals surface area contributed by atoms with Gasteiger partial charge in [0.2, 0.25) is 0 Å². The Morgan fingerprint density at radius 3 is 3.15 bits per heavy atom. The Morgan fingerprint density at radius 1 is 1.54 bits per heavy atom. The molecule has 0 fully saturated rings. The maximum atomic E-state index is 10.3. The molecule has 0 amide bonds. The van der Waals surface area contributed by atoms with Crippen LogP contribution in [0.1, 0.15) is 0 Å². The summed E-state index contributed by atoms with van der Waals surface area (Å²) in [7, 11) is 0. The van der Waals surface area contributed by atoms with Crippen molar-refractivity contribution in [2.75, 3.05) is 5.73 Å². The van der Waals surface area contributed by atoms with Crippen LogP contribution in [0.25, 0.3) is 11.0 Å². The molecule has 0 aliphatic carbocycles. The summed E-state index contributed by atoms with van der Waals surface area (Å²) in [6.45, 7) is 0.208. The molecule has 2 aromatic rings. The topological polar surface area (TPSA) is 73.8 Å². The third-order valence-corrected chi connectivity index (χ3v) is 1.76. The van der Waals surface area contributed by atoms with E-state index in [0.717, 1.165) is 11.7 Å². The van der Waals surface area contributed by atoms with Gasteiger partial charge >= 0.3 is 0 Å². The smallest absolute Gasteiger partial charge is 0.160 e. The van der Waals surface area contributed by atoms with Gasteiger partial charge < -0.3 is 10.5 Å². The van der Waals surface area contributed by atoms with Crippen molar-refractivity contribution in [1.82, 2.24) is 14.8 Å². The highest BCUT2D eigenvalue weighted by Gasteiger charge is 2.02. The average molecular weight is 176 g/mol. The molecule has 0 unspecified atom stereocenters. The quantitative estimate of drug-likeness (QED) is 0.664. The number of nitrogen functional groups attached to an aromatic ring is 1. The first-order chi connectivity index (χ1) is 6.31. The second-order valence-electron chi connectivity index (χ2n) is 2.64. The summed E-state index contributed by atoms with van der Waals surface area (Å²) in [4.78, 5) is 14.4. The molecular formula is C8H8N4O. The van der Waals surface area contributed by atoms with Crippen molar-refractivity contribution in [1.29, 1.82) is 0 Å². The molecule has 0 bridgehead atoms. The molecule has 0 saturated carbocycles. The third-order valence-electron chi connectivity index (χ3n) is 1.76. The van der Waals surface area contributed by atoms with Crippen molar-refractivity contribution >= 4 is 23.1 Å². The highest BCUT2D eigenvalue weighted by molar-refractivity contribution is 5.76. The summed E-state index contributed by atoms with van der Waals surface area (Å²) in [6, 6.07) is 3.53. The Kier molecular flexibility index (Phi) is 1.70. The maximum absolute atomic E-state index is 10.3. The second-order valence-corrected chi connectivity index (χ2v) is 2.64. The molecule has 0 saturated heterocycles. The largest absolute Gasteiger partial charge is 0.384 e. The number of nitrogens with two attached hydrogens (primary N) is 1. The lowest BCUT2D eigenvalue weighted by Gasteiger charge is -1.96. The van der Waals surface area contributed by atoms with Crippen molar-refractivity contribution in [2.45, 2.75) is 6.54 Å². The summed E-state index contributed by atoms with van der Waals surface area (Å²) in [5.74, 6) is 0.431. The maximum Gasteiger partial charge on any atom is 0.160 e. The van der Waals surface area contributed by atoms with Crippen LogP contribution in [0.3, 0.4) is 0 Å². The SMILES string of the molecule is Nc1ccc2cnn(CC=O)c2n1. The van der Waals surface area contributed by atoms with Crippen LogP contribution in [0.5, 0.6) is 0 Å². The number of carbonyl (C=O) groups is 1. The average Bonchev–Trinajstić information content (AvgIpc) is 2.49. The summed E-state index contributed by atoms with van der Waals surface area (Å²) in [5.41, 5.74) is 6.15. The molecule has 0 radical (unpaired) electrons. The van der Waals surface area contributed by atoms with Crippen LogP contribution in [-0.2, 0) is 11.3 Å². The summed E-state index contributed by atoms with van der Waals surface area (Å²) in [5, 5.41) is 4.88. The summed E-state index contributed by atoms with van der Waals surface area (Å²) in [6.07, 6.45) is 2.43. The number of nitrogens with zero attached hydrogens (tertiary/aromatic N) is 3. The van der Waals surface area contributed by atoms with Crippen LogP contribution in [0.4, 0.5) is 5.82 Å². The minimum absolute atomic E-state index is 0.208. The summed E-state index contributed by atoms with van der Waals surface area (Å²) >= 11 is 0. The van der Waals surface area contributed by atoms with Gasteiger partial charge in [0.05, 0.1) is 12.7 Å². The van der Waals surface area contributed by atoms with Crippen molar-refractivity contribution in [3.63, 3.8) is 0 Å². The van der Waals surface area contributed by atoms with Crippen LogP contribution in [0, 0.1) is 0 Å². The number of rotatable bonds is 2. The van der Waals surface area contributed by atoms with Crippen molar-refractivity contribution in [3.8, 4) is 0 Å². The first kappa shape index (κ1) is 7.72.